The zero-order valence-corrected chi connectivity index (χ0v) is 13.2. The highest BCUT2D eigenvalue weighted by molar-refractivity contribution is 9.10. The number of hydrogen-bond donors (Lipinski definition) is 1. The van der Waals surface area contributed by atoms with E-state index < -0.39 is 17.3 Å². The summed E-state index contributed by atoms with van der Waals surface area (Å²) in [4.78, 5) is 23.2. The van der Waals surface area contributed by atoms with Crippen LogP contribution < -0.4 is 0 Å². The number of halogens is 2. The molecular weight excluding hydrogens is 327 g/mol. The lowest BCUT2D eigenvalue weighted by atomic mass is 9.93. The van der Waals surface area contributed by atoms with E-state index in [2.05, 4.69) is 22.9 Å². The molecule has 0 aromatic heterocycles. The molecule has 5 heteroatoms. The molecule has 1 aromatic rings. The van der Waals surface area contributed by atoms with E-state index in [1.54, 1.807) is 0 Å². The fourth-order valence-corrected chi connectivity index (χ4v) is 2.51. The monoisotopic (exact) mass is 344 g/mol. The van der Waals surface area contributed by atoms with Crippen molar-refractivity contribution in [3.05, 3.63) is 33.5 Å². The Hall–Kier alpha value is -1.23. The van der Waals surface area contributed by atoms with Gasteiger partial charge in [-0.25, -0.2) is 9.18 Å². The summed E-state index contributed by atoms with van der Waals surface area (Å²) in [5.74, 6) is -2.58. The summed E-state index contributed by atoms with van der Waals surface area (Å²) in [6.07, 6.45) is 3.83. The van der Waals surface area contributed by atoms with E-state index in [0.717, 1.165) is 37.8 Å². The Morgan fingerprint density at radius 3 is 2.50 bits per heavy atom. The molecule has 1 N–H and O–H groups in total. The number of Topliss-reactive ketones (excluding diaryl/α,β-unsaturated/α-hetero) is 1. The van der Waals surface area contributed by atoms with Crippen LogP contribution in [0, 0.1) is 11.7 Å². The summed E-state index contributed by atoms with van der Waals surface area (Å²) in [7, 11) is 0. The van der Waals surface area contributed by atoms with E-state index >= 15 is 0 Å². The molecular formula is C15H18BrFO3. The van der Waals surface area contributed by atoms with E-state index in [9.17, 15) is 14.0 Å². The molecule has 0 aliphatic heterocycles. The van der Waals surface area contributed by atoms with Crippen molar-refractivity contribution in [2.75, 3.05) is 0 Å². The van der Waals surface area contributed by atoms with Crippen molar-refractivity contribution in [3.63, 3.8) is 0 Å². The number of benzene rings is 1. The Balaban J connectivity index is 2.97. The van der Waals surface area contributed by atoms with Gasteiger partial charge in [0.1, 0.15) is 5.82 Å². The highest BCUT2D eigenvalue weighted by Gasteiger charge is 2.21. The molecule has 1 unspecified atom stereocenters. The van der Waals surface area contributed by atoms with Crippen LogP contribution in [0.15, 0.2) is 16.6 Å². The number of carboxylic acids is 1. The van der Waals surface area contributed by atoms with Crippen LogP contribution >= 0.6 is 15.9 Å². The van der Waals surface area contributed by atoms with Crippen molar-refractivity contribution < 1.29 is 19.1 Å². The lowest BCUT2D eigenvalue weighted by Gasteiger charge is -2.12. The third kappa shape index (κ3) is 4.13. The van der Waals surface area contributed by atoms with Crippen LogP contribution in [0.1, 0.15) is 60.2 Å². The zero-order chi connectivity index (χ0) is 15.3. The van der Waals surface area contributed by atoms with E-state index in [4.69, 9.17) is 5.11 Å². The standard InChI is InChI=1S/C15H18BrFO3/c1-3-4-5-6-9(2)14(18)10-7-11(15(19)20)13(17)8-12(10)16/h7-9H,3-6H2,1-2H3,(H,19,20). The van der Waals surface area contributed by atoms with Crippen molar-refractivity contribution in [2.45, 2.75) is 39.5 Å². The van der Waals surface area contributed by atoms with Crippen molar-refractivity contribution in [1.29, 1.82) is 0 Å². The van der Waals surface area contributed by atoms with Gasteiger partial charge in [-0.05, 0) is 34.5 Å². The molecule has 0 amide bonds. The Labute approximate surface area is 126 Å². The van der Waals surface area contributed by atoms with E-state index in [-0.39, 0.29) is 17.3 Å². The average Bonchev–Trinajstić information content (AvgIpc) is 2.37. The van der Waals surface area contributed by atoms with E-state index in [0.29, 0.717) is 4.47 Å². The Bertz CT molecular complexity index is 514. The lowest BCUT2D eigenvalue weighted by molar-refractivity contribution is 0.0692. The normalized spacial score (nSPS) is 12.2. The smallest absolute Gasteiger partial charge is 0.338 e. The van der Waals surface area contributed by atoms with Gasteiger partial charge in [0, 0.05) is 16.0 Å². The van der Waals surface area contributed by atoms with Gasteiger partial charge in [-0.3, -0.25) is 4.79 Å². The van der Waals surface area contributed by atoms with Gasteiger partial charge in [-0.2, -0.15) is 0 Å². The molecule has 110 valence electrons. The first-order valence-corrected chi connectivity index (χ1v) is 7.44. The molecule has 0 heterocycles. The molecule has 0 saturated heterocycles. The first-order chi connectivity index (χ1) is 9.38. The number of hydrogen-bond acceptors (Lipinski definition) is 2. The van der Waals surface area contributed by atoms with Crippen LogP contribution in [0.5, 0.6) is 0 Å². The van der Waals surface area contributed by atoms with Crippen molar-refractivity contribution in [2.24, 2.45) is 5.92 Å². The summed E-state index contributed by atoms with van der Waals surface area (Å²) in [5, 5.41) is 8.91. The fraction of sp³-hybridized carbons (Fsp3) is 0.467. The Morgan fingerprint density at radius 2 is 1.95 bits per heavy atom. The van der Waals surface area contributed by atoms with Gasteiger partial charge in [0.15, 0.2) is 5.78 Å². The number of unbranched alkanes of at least 4 members (excludes halogenated alkanes) is 2. The summed E-state index contributed by atoms with van der Waals surface area (Å²) < 4.78 is 13.8. The van der Waals surface area contributed by atoms with Crippen LogP contribution in [-0.4, -0.2) is 16.9 Å². The second-order valence-corrected chi connectivity index (χ2v) is 5.73. The molecule has 3 nitrogen and oxygen atoms in total. The predicted molar refractivity (Wildman–Crippen MR) is 78.7 cm³/mol. The predicted octanol–water partition coefficient (Wildman–Crippen LogP) is 4.69. The summed E-state index contributed by atoms with van der Waals surface area (Å²) in [6, 6.07) is 2.15. The van der Waals surface area contributed by atoms with Crippen molar-refractivity contribution >= 4 is 27.7 Å². The van der Waals surface area contributed by atoms with Gasteiger partial charge < -0.3 is 5.11 Å². The molecule has 20 heavy (non-hydrogen) atoms. The maximum absolute atomic E-state index is 13.5. The molecule has 1 aromatic carbocycles. The second kappa shape index (κ2) is 7.53. The van der Waals surface area contributed by atoms with Crippen LogP contribution in [0.3, 0.4) is 0 Å². The summed E-state index contributed by atoms with van der Waals surface area (Å²) in [6.45, 7) is 3.90. The SMILES string of the molecule is CCCCCC(C)C(=O)c1cc(C(=O)O)c(F)cc1Br. The van der Waals surface area contributed by atoms with E-state index in [1.807, 2.05) is 6.92 Å². The summed E-state index contributed by atoms with van der Waals surface area (Å²) in [5.41, 5.74) is -0.245. The first kappa shape index (κ1) is 16.8. The molecule has 0 spiro atoms. The van der Waals surface area contributed by atoms with Crippen LogP contribution in [0.2, 0.25) is 0 Å². The van der Waals surface area contributed by atoms with Crippen molar-refractivity contribution in [1.82, 2.24) is 0 Å². The minimum atomic E-state index is -1.37. The van der Waals surface area contributed by atoms with E-state index in [1.165, 1.54) is 0 Å². The average molecular weight is 345 g/mol. The lowest BCUT2D eigenvalue weighted by Crippen LogP contribution is -2.14. The minimum Gasteiger partial charge on any atom is -0.478 e. The van der Waals surface area contributed by atoms with Gasteiger partial charge in [0.05, 0.1) is 5.56 Å². The van der Waals surface area contributed by atoms with Gasteiger partial charge in [-0.1, -0.05) is 33.1 Å². The second-order valence-electron chi connectivity index (χ2n) is 4.88. The number of aromatic carboxylic acids is 1. The fourth-order valence-electron chi connectivity index (χ4n) is 2.00. The maximum atomic E-state index is 13.5. The Morgan fingerprint density at radius 1 is 1.30 bits per heavy atom. The maximum Gasteiger partial charge on any atom is 0.338 e. The molecule has 0 bridgehead atoms. The third-order valence-corrected chi connectivity index (χ3v) is 3.90. The van der Waals surface area contributed by atoms with Crippen molar-refractivity contribution in [3.8, 4) is 0 Å². The van der Waals surface area contributed by atoms with Gasteiger partial charge in [0.2, 0.25) is 0 Å². The number of ketones is 1. The highest BCUT2D eigenvalue weighted by atomic mass is 79.9. The largest absolute Gasteiger partial charge is 0.478 e. The molecule has 1 rings (SSSR count). The molecule has 0 radical (unpaired) electrons. The number of carboxylic acid groups (broad SMARTS) is 1. The number of carbonyl (C=O) groups is 2. The molecule has 0 aliphatic rings. The molecule has 0 saturated carbocycles. The number of carbonyl (C=O) groups excluding carboxylic acids is 1. The zero-order valence-electron chi connectivity index (χ0n) is 11.6. The van der Waals surface area contributed by atoms with Crippen LogP contribution in [0.4, 0.5) is 4.39 Å². The topological polar surface area (TPSA) is 54.4 Å². The quantitative estimate of drug-likeness (QED) is 0.576. The molecule has 1 atom stereocenters. The third-order valence-electron chi connectivity index (χ3n) is 3.24. The summed E-state index contributed by atoms with van der Waals surface area (Å²) >= 11 is 3.13. The van der Waals surface area contributed by atoms with Gasteiger partial charge >= 0.3 is 5.97 Å². The Kier molecular flexibility index (Phi) is 6.33. The van der Waals surface area contributed by atoms with Crippen LogP contribution in [0.25, 0.3) is 0 Å². The van der Waals surface area contributed by atoms with Gasteiger partial charge in [0.25, 0.3) is 0 Å². The molecule has 0 fully saturated rings. The minimum absolute atomic E-state index is 0.157. The number of rotatable bonds is 7. The first-order valence-electron chi connectivity index (χ1n) is 6.65. The highest BCUT2D eigenvalue weighted by Crippen LogP contribution is 2.25. The van der Waals surface area contributed by atoms with Gasteiger partial charge in [-0.15, -0.1) is 0 Å². The van der Waals surface area contributed by atoms with Crippen LogP contribution in [-0.2, 0) is 0 Å². The molecule has 0 aliphatic carbocycles.